The van der Waals surface area contributed by atoms with Gasteiger partial charge in [-0.2, -0.15) is 0 Å². The minimum atomic E-state index is 0.422. The Kier molecular flexibility index (Phi) is 10.2. The van der Waals surface area contributed by atoms with Gasteiger partial charge in [0.1, 0.15) is 0 Å². The van der Waals surface area contributed by atoms with Crippen molar-refractivity contribution < 1.29 is 9.47 Å². The highest BCUT2D eigenvalue weighted by atomic mass is 16.5. The standard InChI is InChI=1S/C21H36N4O2/c1-4-22-21(23-11-7-13-27-15-14-26-3)24-16-18(2)25-12-10-19-8-5-6-9-20(19)17-25/h5-6,8-9,18H,4,7,10-17H2,1-3H3,(H2,22,23,24). The summed E-state index contributed by atoms with van der Waals surface area (Å²) in [5.41, 5.74) is 2.95. The average molecular weight is 377 g/mol. The maximum Gasteiger partial charge on any atom is 0.191 e. The van der Waals surface area contributed by atoms with E-state index >= 15 is 0 Å². The third-order valence-corrected chi connectivity index (χ3v) is 4.83. The van der Waals surface area contributed by atoms with Crippen molar-refractivity contribution in [2.75, 3.05) is 53.1 Å². The number of aliphatic imine (C=N–C) groups is 1. The minimum Gasteiger partial charge on any atom is -0.382 e. The van der Waals surface area contributed by atoms with Crippen molar-refractivity contribution in [2.45, 2.75) is 39.3 Å². The van der Waals surface area contributed by atoms with E-state index in [9.17, 15) is 0 Å². The van der Waals surface area contributed by atoms with Gasteiger partial charge >= 0.3 is 0 Å². The second kappa shape index (κ2) is 12.7. The van der Waals surface area contributed by atoms with Crippen molar-refractivity contribution in [3.05, 3.63) is 35.4 Å². The van der Waals surface area contributed by atoms with Crippen molar-refractivity contribution in [3.8, 4) is 0 Å². The average Bonchev–Trinajstić information content (AvgIpc) is 2.70. The Hall–Kier alpha value is -1.63. The molecule has 6 nitrogen and oxygen atoms in total. The van der Waals surface area contributed by atoms with Crippen molar-refractivity contribution in [2.24, 2.45) is 4.99 Å². The zero-order chi connectivity index (χ0) is 19.3. The van der Waals surface area contributed by atoms with E-state index in [4.69, 9.17) is 14.5 Å². The summed E-state index contributed by atoms with van der Waals surface area (Å²) in [5.74, 6) is 0.888. The summed E-state index contributed by atoms with van der Waals surface area (Å²) in [4.78, 5) is 7.31. The fraction of sp³-hybridized carbons (Fsp3) is 0.667. The molecule has 152 valence electrons. The Balaban J connectivity index is 1.73. The Morgan fingerprint density at radius 3 is 2.78 bits per heavy atom. The first-order valence-electron chi connectivity index (χ1n) is 10.1. The molecule has 1 aliphatic rings. The molecule has 0 aliphatic carbocycles. The van der Waals surface area contributed by atoms with E-state index in [0.717, 1.165) is 58.1 Å². The molecule has 0 radical (unpaired) electrons. The van der Waals surface area contributed by atoms with Crippen molar-refractivity contribution in [1.82, 2.24) is 15.5 Å². The van der Waals surface area contributed by atoms with Crippen LogP contribution in [0.2, 0.25) is 0 Å². The number of ether oxygens (including phenoxy) is 2. The number of guanidine groups is 1. The molecule has 2 N–H and O–H groups in total. The lowest BCUT2D eigenvalue weighted by molar-refractivity contribution is 0.0698. The van der Waals surface area contributed by atoms with E-state index < -0.39 is 0 Å². The fourth-order valence-corrected chi connectivity index (χ4v) is 3.20. The first-order chi connectivity index (χ1) is 13.2. The van der Waals surface area contributed by atoms with Gasteiger partial charge in [0.15, 0.2) is 5.96 Å². The van der Waals surface area contributed by atoms with Crippen LogP contribution >= 0.6 is 0 Å². The molecule has 0 aromatic heterocycles. The van der Waals surface area contributed by atoms with Gasteiger partial charge in [0.05, 0.1) is 19.8 Å². The molecule has 27 heavy (non-hydrogen) atoms. The number of hydrogen-bond donors (Lipinski definition) is 2. The Bertz CT molecular complexity index is 565. The van der Waals surface area contributed by atoms with E-state index in [-0.39, 0.29) is 0 Å². The van der Waals surface area contributed by atoms with Gasteiger partial charge in [0.2, 0.25) is 0 Å². The lowest BCUT2D eigenvalue weighted by atomic mass is 9.99. The van der Waals surface area contributed by atoms with E-state index in [0.29, 0.717) is 19.3 Å². The van der Waals surface area contributed by atoms with E-state index in [1.807, 2.05) is 0 Å². The second-order valence-corrected chi connectivity index (χ2v) is 6.94. The highest BCUT2D eigenvalue weighted by Crippen LogP contribution is 2.20. The van der Waals surface area contributed by atoms with Crippen LogP contribution in [0.4, 0.5) is 0 Å². The molecule has 1 heterocycles. The SMILES string of the molecule is CCNC(=NCC(C)N1CCc2ccccc2C1)NCCCOCCOC. The lowest BCUT2D eigenvalue weighted by Gasteiger charge is -2.33. The first-order valence-corrected chi connectivity index (χ1v) is 10.1. The number of hydrogen-bond acceptors (Lipinski definition) is 4. The minimum absolute atomic E-state index is 0.422. The van der Waals surface area contributed by atoms with Crippen LogP contribution in [0.5, 0.6) is 0 Å². The Morgan fingerprint density at radius 2 is 2.00 bits per heavy atom. The van der Waals surface area contributed by atoms with Gasteiger partial charge in [0.25, 0.3) is 0 Å². The smallest absolute Gasteiger partial charge is 0.191 e. The van der Waals surface area contributed by atoms with E-state index in [1.165, 1.54) is 11.1 Å². The molecule has 0 fully saturated rings. The third kappa shape index (κ3) is 7.87. The van der Waals surface area contributed by atoms with Gasteiger partial charge in [-0.25, -0.2) is 0 Å². The number of nitrogens with one attached hydrogen (secondary N) is 2. The Morgan fingerprint density at radius 1 is 1.19 bits per heavy atom. The fourth-order valence-electron chi connectivity index (χ4n) is 3.20. The predicted molar refractivity (Wildman–Crippen MR) is 111 cm³/mol. The summed E-state index contributed by atoms with van der Waals surface area (Å²) in [7, 11) is 1.69. The predicted octanol–water partition coefficient (Wildman–Crippen LogP) is 2.04. The molecule has 6 heteroatoms. The zero-order valence-corrected chi connectivity index (χ0v) is 17.2. The van der Waals surface area contributed by atoms with Gasteiger partial charge in [-0.3, -0.25) is 9.89 Å². The highest BCUT2D eigenvalue weighted by Gasteiger charge is 2.20. The number of methoxy groups -OCH3 is 1. The molecule has 0 amide bonds. The van der Waals surface area contributed by atoms with Crippen LogP contribution in [-0.2, 0) is 22.4 Å². The molecule has 1 aliphatic heterocycles. The van der Waals surface area contributed by atoms with Gasteiger partial charge < -0.3 is 20.1 Å². The molecule has 2 rings (SSSR count). The number of benzene rings is 1. The highest BCUT2D eigenvalue weighted by molar-refractivity contribution is 5.79. The van der Waals surface area contributed by atoms with Gasteiger partial charge in [0, 0.05) is 45.9 Å². The summed E-state index contributed by atoms with van der Waals surface area (Å²) in [6.45, 7) is 11.0. The largest absolute Gasteiger partial charge is 0.382 e. The molecular weight excluding hydrogens is 340 g/mol. The van der Waals surface area contributed by atoms with Crippen LogP contribution < -0.4 is 10.6 Å². The topological polar surface area (TPSA) is 58.1 Å². The lowest BCUT2D eigenvalue weighted by Crippen LogP contribution is -2.42. The van der Waals surface area contributed by atoms with Crippen molar-refractivity contribution in [1.29, 1.82) is 0 Å². The van der Waals surface area contributed by atoms with Crippen LogP contribution in [0, 0.1) is 0 Å². The van der Waals surface area contributed by atoms with Gasteiger partial charge in [-0.15, -0.1) is 0 Å². The summed E-state index contributed by atoms with van der Waals surface area (Å²) < 4.78 is 10.5. The first kappa shape index (κ1) is 21.7. The van der Waals surface area contributed by atoms with Crippen LogP contribution in [-0.4, -0.2) is 70.0 Å². The summed E-state index contributed by atoms with van der Waals surface area (Å²) in [5, 5.41) is 6.72. The molecular formula is C21H36N4O2. The van der Waals surface area contributed by atoms with Crippen LogP contribution in [0.3, 0.4) is 0 Å². The molecule has 1 atom stereocenters. The third-order valence-electron chi connectivity index (χ3n) is 4.83. The molecule has 0 saturated heterocycles. The molecule has 1 aromatic carbocycles. The second-order valence-electron chi connectivity index (χ2n) is 6.94. The maximum absolute atomic E-state index is 5.49. The Labute approximate surface area is 164 Å². The number of rotatable bonds is 11. The van der Waals surface area contributed by atoms with Crippen molar-refractivity contribution >= 4 is 5.96 Å². The van der Waals surface area contributed by atoms with E-state index in [2.05, 4.69) is 53.6 Å². The van der Waals surface area contributed by atoms with E-state index in [1.54, 1.807) is 7.11 Å². The van der Waals surface area contributed by atoms with Gasteiger partial charge in [-0.05, 0) is 37.8 Å². The molecule has 0 spiro atoms. The summed E-state index contributed by atoms with van der Waals surface area (Å²) >= 11 is 0. The van der Waals surface area contributed by atoms with Crippen LogP contribution in [0.25, 0.3) is 0 Å². The molecule has 0 saturated carbocycles. The number of nitrogens with zero attached hydrogens (tertiary/aromatic N) is 2. The quantitative estimate of drug-likeness (QED) is 0.352. The zero-order valence-electron chi connectivity index (χ0n) is 17.2. The van der Waals surface area contributed by atoms with Crippen molar-refractivity contribution in [3.63, 3.8) is 0 Å². The van der Waals surface area contributed by atoms with Gasteiger partial charge in [-0.1, -0.05) is 24.3 Å². The summed E-state index contributed by atoms with van der Waals surface area (Å²) in [6, 6.07) is 9.20. The molecule has 0 bridgehead atoms. The molecule has 1 aromatic rings. The number of fused-ring (bicyclic) bond motifs is 1. The maximum atomic E-state index is 5.49. The summed E-state index contributed by atoms with van der Waals surface area (Å²) in [6.07, 6.45) is 2.08. The molecule has 1 unspecified atom stereocenters. The monoisotopic (exact) mass is 376 g/mol. The van der Waals surface area contributed by atoms with Crippen LogP contribution in [0.15, 0.2) is 29.3 Å². The van der Waals surface area contributed by atoms with Crippen LogP contribution in [0.1, 0.15) is 31.4 Å². The normalized spacial score (nSPS) is 16.0.